The Morgan fingerprint density at radius 1 is 1.25 bits per heavy atom. The Balaban J connectivity index is 2.09. The highest BCUT2D eigenvalue weighted by atomic mass is 35.5. The smallest absolute Gasteiger partial charge is 0.280 e. The molecule has 1 aromatic heterocycles. The molecule has 0 aliphatic rings. The van der Waals surface area contributed by atoms with Crippen LogP contribution in [-0.4, -0.2) is 15.7 Å². The van der Waals surface area contributed by atoms with Crippen molar-refractivity contribution in [3.8, 4) is 0 Å². The highest BCUT2D eigenvalue weighted by Gasteiger charge is 2.18. The number of carbonyl (C=O) groups is 1. The summed E-state index contributed by atoms with van der Waals surface area (Å²) in [6.07, 6.45) is 0. The minimum atomic E-state index is -0.758. The Labute approximate surface area is 145 Å². The van der Waals surface area contributed by atoms with Crippen molar-refractivity contribution >= 4 is 45.7 Å². The number of nitrogens with one attached hydrogen (secondary N) is 1. The van der Waals surface area contributed by atoms with Crippen molar-refractivity contribution in [3.63, 3.8) is 0 Å². The Morgan fingerprint density at radius 3 is 2.75 bits per heavy atom. The Morgan fingerprint density at radius 2 is 2.00 bits per heavy atom. The average Bonchev–Trinajstić information content (AvgIpc) is 2.55. The van der Waals surface area contributed by atoms with Gasteiger partial charge in [0.1, 0.15) is 5.82 Å². The van der Waals surface area contributed by atoms with E-state index in [1.165, 1.54) is 22.9 Å². The van der Waals surface area contributed by atoms with Gasteiger partial charge in [-0.1, -0.05) is 29.3 Å². The Kier molecular flexibility index (Phi) is 4.26. The van der Waals surface area contributed by atoms with Crippen molar-refractivity contribution in [2.75, 3.05) is 5.32 Å². The van der Waals surface area contributed by atoms with Gasteiger partial charge in [-0.3, -0.25) is 14.3 Å². The third-order valence-corrected chi connectivity index (χ3v) is 4.25. The second-order valence-corrected chi connectivity index (χ2v) is 5.80. The summed E-state index contributed by atoms with van der Waals surface area (Å²) in [4.78, 5) is 24.9. The van der Waals surface area contributed by atoms with Crippen LogP contribution in [0.1, 0.15) is 10.5 Å². The van der Waals surface area contributed by atoms with Crippen molar-refractivity contribution in [1.29, 1.82) is 0 Å². The maximum absolute atomic E-state index is 13.4. The molecule has 0 radical (unpaired) electrons. The van der Waals surface area contributed by atoms with Crippen LogP contribution in [-0.2, 0) is 7.05 Å². The molecule has 0 saturated carbocycles. The number of nitrogens with zero attached hydrogens (tertiary/aromatic N) is 2. The molecule has 0 aliphatic heterocycles. The van der Waals surface area contributed by atoms with Gasteiger partial charge < -0.3 is 5.32 Å². The summed E-state index contributed by atoms with van der Waals surface area (Å²) in [6, 6.07) is 8.42. The first kappa shape index (κ1) is 16.4. The summed E-state index contributed by atoms with van der Waals surface area (Å²) in [7, 11) is 1.56. The summed E-state index contributed by atoms with van der Waals surface area (Å²) in [5.74, 6) is -1.33. The number of anilines is 1. The van der Waals surface area contributed by atoms with E-state index in [1.807, 2.05) is 0 Å². The number of aryl methyl sites for hydroxylation is 1. The van der Waals surface area contributed by atoms with E-state index in [4.69, 9.17) is 23.2 Å². The lowest BCUT2D eigenvalue weighted by Gasteiger charge is -2.10. The van der Waals surface area contributed by atoms with Crippen molar-refractivity contribution < 1.29 is 9.18 Å². The van der Waals surface area contributed by atoms with Crippen LogP contribution in [0.3, 0.4) is 0 Å². The zero-order valence-electron chi connectivity index (χ0n) is 12.3. The number of carbonyl (C=O) groups excluding carboxylic acids is 1. The van der Waals surface area contributed by atoms with Gasteiger partial charge in [0, 0.05) is 7.05 Å². The number of hydrogen-bond acceptors (Lipinski definition) is 3. The van der Waals surface area contributed by atoms with Gasteiger partial charge in [0.25, 0.3) is 5.91 Å². The van der Waals surface area contributed by atoms with Crippen LogP contribution in [0.4, 0.5) is 10.1 Å². The van der Waals surface area contributed by atoms with Crippen LogP contribution in [0.15, 0.2) is 41.2 Å². The van der Waals surface area contributed by atoms with Crippen LogP contribution in [0.25, 0.3) is 10.9 Å². The third kappa shape index (κ3) is 2.86. The third-order valence-electron chi connectivity index (χ3n) is 3.43. The molecule has 8 heteroatoms. The number of rotatable bonds is 2. The lowest BCUT2D eigenvalue weighted by molar-refractivity contribution is 0.101. The zero-order valence-corrected chi connectivity index (χ0v) is 13.8. The highest BCUT2D eigenvalue weighted by Crippen LogP contribution is 2.29. The molecule has 0 spiro atoms. The molecule has 0 saturated heterocycles. The second kappa shape index (κ2) is 6.22. The molecule has 0 aliphatic carbocycles. The van der Waals surface area contributed by atoms with Gasteiger partial charge in [0.05, 0.1) is 26.6 Å². The van der Waals surface area contributed by atoms with E-state index >= 15 is 0 Å². The van der Waals surface area contributed by atoms with E-state index in [1.54, 1.807) is 19.2 Å². The molecule has 5 nitrogen and oxygen atoms in total. The van der Waals surface area contributed by atoms with Crippen molar-refractivity contribution in [2.45, 2.75) is 0 Å². The minimum absolute atomic E-state index is 0.0647. The zero-order chi connectivity index (χ0) is 17.4. The molecule has 3 rings (SSSR count). The summed E-state index contributed by atoms with van der Waals surface area (Å²) >= 11 is 11.9. The number of fused-ring (bicyclic) bond motifs is 1. The van der Waals surface area contributed by atoms with Crippen LogP contribution < -0.4 is 10.7 Å². The van der Waals surface area contributed by atoms with Crippen LogP contribution in [0, 0.1) is 5.82 Å². The number of aromatic nitrogens is 2. The molecule has 122 valence electrons. The monoisotopic (exact) mass is 365 g/mol. The normalized spacial score (nSPS) is 10.8. The molecule has 24 heavy (non-hydrogen) atoms. The largest absolute Gasteiger partial charge is 0.319 e. The fourth-order valence-electron chi connectivity index (χ4n) is 2.28. The van der Waals surface area contributed by atoms with Gasteiger partial charge in [-0.15, -0.1) is 0 Å². The molecule has 3 aromatic rings. The molecule has 2 aromatic carbocycles. The Hall–Kier alpha value is -2.44. The minimum Gasteiger partial charge on any atom is -0.319 e. The molecular formula is C16H10Cl2FN3O2. The van der Waals surface area contributed by atoms with Gasteiger partial charge >= 0.3 is 0 Å². The molecule has 0 atom stereocenters. The molecule has 1 amide bonds. The second-order valence-electron chi connectivity index (χ2n) is 5.02. The predicted octanol–water partition coefficient (Wildman–Crippen LogP) is 3.63. The quantitative estimate of drug-likeness (QED) is 0.753. The van der Waals surface area contributed by atoms with E-state index in [0.717, 1.165) is 6.07 Å². The standard InChI is InChI=1S/C16H10Cl2FN3O2/c1-22-12-6-5-8(19)7-9(12)15(23)14(21-22)16(24)20-11-4-2-3-10(17)13(11)18/h2-7H,1H3,(H,20,24). The topological polar surface area (TPSA) is 64.0 Å². The lowest BCUT2D eigenvalue weighted by atomic mass is 10.2. The van der Waals surface area contributed by atoms with E-state index in [-0.39, 0.29) is 26.8 Å². The fraction of sp³-hybridized carbons (Fsp3) is 0.0625. The van der Waals surface area contributed by atoms with Crippen LogP contribution >= 0.6 is 23.2 Å². The van der Waals surface area contributed by atoms with Gasteiger partial charge in [-0.2, -0.15) is 5.10 Å². The van der Waals surface area contributed by atoms with E-state index in [9.17, 15) is 14.0 Å². The molecule has 1 heterocycles. The number of benzene rings is 2. The summed E-state index contributed by atoms with van der Waals surface area (Å²) in [5.41, 5.74) is -0.374. The molecule has 0 bridgehead atoms. The van der Waals surface area contributed by atoms with Crippen molar-refractivity contribution in [2.24, 2.45) is 7.05 Å². The van der Waals surface area contributed by atoms with E-state index in [2.05, 4.69) is 10.4 Å². The van der Waals surface area contributed by atoms with E-state index < -0.39 is 17.2 Å². The molecule has 0 unspecified atom stereocenters. The fourth-order valence-corrected chi connectivity index (χ4v) is 2.63. The first-order chi connectivity index (χ1) is 11.4. The molecular weight excluding hydrogens is 356 g/mol. The maximum Gasteiger partial charge on any atom is 0.280 e. The van der Waals surface area contributed by atoms with Gasteiger partial charge in [0.15, 0.2) is 5.69 Å². The van der Waals surface area contributed by atoms with Crippen LogP contribution in [0.5, 0.6) is 0 Å². The first-order valence-corrected chi connectivity index (χ1v) is 7.56. The highest BCUT2D eigenvalue weighted by molar-refractivity contribution is 6.44. The summed E-state index contributed by atoms with van der Waals surface area (Å²) in [5, 5.41) is 6.94. The van der Waals surface area contributed by atoms with Crippen LogP contribution in [0.2, 0.25) is 10.0 Å². The van der Waals surface area contributed by atoms with Gasteiger partial charge in [0.2, 0.25) is 5.43 Å². The number of hydrogen-bond donors (Lipinski definition) is 1. The first-order valence-electron chi connectivity index (χ1n) is 6.80. The van der Waals surface area contributed by atoms with Gasteiger partial charge in [-0.05, 0) is 30.3 Å². The average molecular weight is 366 g/mol. The number of halogens is 3. The molecule has 1 N–H and O–H groups in total. The lowest BCUT2D eigenvalue weighted by Crippen LogP contribution is -2.26. The van der Waals surface area contributed by atoms with E-state index in [0.29, 0.717) is 5.52 Å². The van der Waals surface area contributed by atoms with Crippen molar-refractivity contribution in [3.05, 3.63) is 68.2 Å². The maximum atomic E-state index is 13.4. The summed E-state index contributed by atoms with van der Waals surface area (Å²) in [6.45, 7) is 0. The Bertz CT molecular complexity index is 1030. The number of amides is 1. The predicted molar refractivity (Wildman–Crippen MR) is 91.4 cm³/mol. The van der Waals surface area contributed by atoms with Gasteiger partial charge in [-0.25, -0.2) is 4.39 Å². The van der Waals surface area contributed by atoms with Crippen molar-refractivity contribution in [1.82, 2.24) is 9.78 Å². The SMILES string of the molecule is Cn1nc(C(=O)Nc2cccc(Cl)c2Cl)c(=O)c2cc(F)ccc21. The molecule has 0 fully saturated rings. The summed E-state index contributed by atoms with van der Waals surface area (Å²) < 4.78 is 14.8.